The normalized spacial score (nSPS) is 24.7. The van der Waals surface area contributed by atoms with Gasteiger partial charge < -0.3 is 101 Å². The van der Waals surface area contributed by atoms with Gasteiger partial charge in [0, 0.05) is 6.54 Å². The molecule has 1 saturated heterocycles. The number of nitrogens with one attached hydrogen (secondary N) is 13. The Bertz CT molecular complexity index is 2680. The summed E-state index contributed by atoms with van der Waals surface area (Å²) in [6.45, 7) is 17.5. The van der Waals surface area contributed by atoms with Crippen LogP contribution >= 0.6 is 0 Å². The highest BCUT2D eigenvalue weighted by Gasteiger charge is 2.43. The van der Waals surface area contributed by atoms with Crippen LogP contribution in [-0.4, -0.2) is 196 Å². The Morgan fingerprint density at radius 3 is 1.73 bits per heavy atom. The molecule has 0 bridgehead atoms. The Hall–Kier alpha value is -8.07. The summed E-state index contributed by atoms with van der Waals surface area (Å²) in [5.41, 5.74) is 16.8. The van der Waals surface area contributed by atoms with Gasteiger partial charge in [-0.25, -0.2) is 0 Å². The van der Waals surface area contributed by atoms with Crippen LogP contribution in [0.4, 0.5) is 0 Å². The van der Waals surface area contributed by atoms with Crippen LogP contribution in [0.1, 0.15) is 133 Å². The fraction of sp³-hybridized carbons (Fsp3) is 0.678. The molecule has 1 heterocycles. The van der Waals surface area contributed by atoms with E-state index in [2.05, 4.69) is 58.5 Å². The second-order valence-electron chi connectivity index (χ2n) is 25.4. The number of aliphatic hydroxyl groups excluding tert-OH is 4. The van der Waals surface area contributed by atoms with E-state index in [1.165, 1.54) is 38.1 Å². The SMILES string of the molecule is CC[C@H](C)[C@@H]1NC(=O)[C@@H](CCCNC(=N)N)NC(=O)[C@H](CC(C)C)NC(=O)[C@H]([C@H](O)C(C)C)NC(=O)[C@@H](NC(=O)[C@H](CC(C)C)NC(=O)[C@H](N)CC(C)(C)C)[C@@H](c2ccccc2)NC(=O)[C@H](CO)NC(=O)[C@H]([C@H](O)C(N)=O)NC(=O)CNC(=O)[C@H]([C@H](C)O)NC1=O. The number of carbonyl (C=O) groups excluding carboxylic acids is 12. The molecule has 1 aromatic carbocycles. The lowest BCUT2D eigenvalue weighted by Gasteiger charge is -2.34. The van der Waals surface area contributed by atoms with E-state index in [9.17, 15) is 73.2 Å². The Morgan fingerprint density at radius 2 is 1.20 bits per heavy atom. The van der Waals surface area contributed by atoms with Gasteiger partial charge >= 0.3 is 0 Å². The van der Waals surface area contributed by atoms with E-state index in [1.54, 1.807) is 47.6 Å². The third kappa shape index (κ3) is 26.4. The molecule has 2 rings (SSSR count). The molecule has 23 N–H and O–H groups in total. The largest absolute Gasteiger partial charge is 0.394 e. The number of benzene rings is 1. The third-order valence-electron chi connectivity index (χ3n) is 14.7. The van der Waals surface area contributed by atoms with Gasteiger partial charge in [-0.05, 0) is 73.7 Å². The number of amides is 12. The predicted molar refractivity (Wildman–Crippen MR) is 332 cm³/mol. The maximum absolute atomic E-state index is 15.4. The number of hydrogen-bond acceptors (Lipinski definition) is 18. The lowest BCUT2D eigenvalue weighted by molar-refractivity contribution is -0.140. The van der Waals surface area contributed by atoms with Crippen molar-refractivity contribution < 1.29 is 78.0 Å². The molecule has 32 nitrogen and oxygen atoms in total. The molecule has 91 heavy (non-hydrogen) atoms. The average Bonchev–Trinajstić information content (AvgIpc) is 1.09. The summed E-state index contributed by atoms with van der Waals surface area (Å²) < 4.78 is 0. The van der Waals surface area contributed by atoms with E-state index in [0.29, 0.717) is 0 Å². The van der Waals surface area contributed by atoms with E-state index in [1.807, 2.05) is 26.1 Å². The van der Waals surface area contributed by atoms with E-state index < -0.39 is 192 Å². The fourth-order valence-electron chi connectivity index (χ4n) is 9.54. The first-order valence-electron chi connectivity index (χ1n) is 30.5. The van der Waals surface area contributed by atoms with Gasteiger partial charge in [-0.2, -0.15) is 0 Å². The number of hydrogen-bond donors (Lipinski definition) is 20. The molecule has 1 aromatic rings. The van der Waals surface area contributed by atoms with Gasteiger partial charge in [0.2, 0.25) is 70.9 Å². The van der Waals surface area contributed by atoms with E-state index in [0.717, 1.165) is 6.92 Å². The number of rotatable bonds is 22. The van der Waals surface area contributed by atoms with Crippen molar-refractivity contribution >= 4 is 76.8 Å². The second-order valence-corrected chi connectivity index (χ2v) is 25.4. The van der Waals surface area contributed by atoms with Crippen molar-refractivity contribution in [1.29, 1.82) is 5.41 Å². The smallest absolute Gasteiger partial charge is 0.248 e. The topological polar surface area (TPSA) is 532 Å². The van der Waals surface area contributed by atoms with E-state index in [-0.39, 0.29) is 62.5 Å². The predicted octanol–water partition coefficient (Wildman–Crippen LogP) is -5.26. The van der Waals surface area contributed by atoms with E-state index >= 15 is 4.79 Å². The second kappa shape index (κ2) is 37.3. The van der Waals surface area contributed by atoms with Crippen LogP contribution in [0.5, 0.6) is 0 Å². The van der Waals surface area contributed by atoms with E-state index in [4.69, 9.17) is 22.6 Å². The van der Waals surface area contributed by atoms with Crippen LogP contribution in [0.25, 0.3) is 0 Å². The van der Waals surface area contributed by atoms with Gasteiger partial charge in [0.25, 0.3) is 0 Å². The van der Waals surface area contributed by atoms with Crippen LogP contribution in [-0.2, 0) is 57.5 Å². The molecular weight excluding hydrogens is 1190 g/mol. The quantitative estimate of drug-likeness (QED) is 0.0293. The summed E-state index contributed by atoms with van der Waals surface area (Å²) in [7, 11) is 0. The maximum Gasteiger partial charge on any atom is 0.248 e. The minimum atomic E-state index is -2.56. The Labute approximate surface area is 530 Å². The average molecular weight is 1290 g/mol. The lowest BCUT2D eigenvalue weighted by atomic mass is 9.88. The molecule has 1 aliphatic heterocycles. The van der Waals surface area contributed by atoms with Crippen LogP contribution in [0.2, 0.25) is 0 Å². The van der Waals surface area contributed by atoms with Gasteiger partial charge in [0.15, 0.2) is 12.1 Å². The molecule has 12 amide bonds. The Morgan fingerprint density at radius 1 is 0.659 bits per heavy atom. The minimum Gasteiger partial charge on any atom is -0.394 e. The summed E-state index contributed by atoms with van der Waals surface area (Å²) in [6, 6.07) is -12.0. The molecule has 0 radical (unpaired) electrons. The van der Waals surface area contributed by atoms with Gasteiger partial charge in [-0.3, -0.25) is 62.9 Å². The number of aliphatic hydroxyl groups is 4. The Balaban J connectivity index is 3.13. The highest BCUT2D eigenvalue weighted by molar-refractivity contribution is 6.00. The van der Waals surface area contributed by atoms with Gasteiger partial charge in [-0.1, -0.05) is 113 Å². The Kier molecular flexibility index (Phi) is 32.4. The molecule has 0 saturated carbocycles. The van der Waals surface area contributed by atoms with Gasteiger partial charge in [0.05, 0.1) is 37.4 Å². The molecule has 0 spiro atoms. The molecule has 0 unspecified atom stereocenters. The highest BCUT2D eigenvalue weighted by Crippen LogP contribution is 2.23. The van der Waals surface area contributed by atoms with Crippen molar-refractivity contribution in [3.8, 4) is 0 Å². The van der Waals surface area contributed by atoms with Gasteiger partial charge in [-0.15, -0.1) is 0 Å². The van der Waals surface area contributed by atoms with Gasteiger partial charge in [0.1, 0.15) is 54.4 Å². The molecule has 15 atom stereocenters. The zero-order valence-electron chi connectivity index (χ0n) is 54.1. The van der Waals surface area contributed by atoms with Crippen molar-refractivity contribution in [2.75, 3.05) is 19.7 Å². The summed E-state index contributed by atoms with van der Waals surface area (Å²) in [5.74, 6) is -16.8. The first kappa shape index (κ1) is 79.0. The summed E-state index contributed by atoms with van der Waals surface area (Å²) >= 11 is 0. The zero-order valence-corrected chi connectivity index (χ0v) is 54.1. The summed E-state index contributed by atoms with van der Waals surface area (Å²) in [6.07, 6.45) is -5.94. The number of primary amides is 1. The number of carbonyl (C=O) groups is 12. The van der Waals surface area contributed by atoms with Crippen molar-refractivity contribution in [2.45, 2.75) is 206 Å². The standard InChI is InChI=1S/C59H100N16O16/c1-13-30(8)39-54(88)72-40(31(9)77)53(87)65-25-38(78)70-44(46(80)47(61)81)57(91)69-37(26-76)52(86)73-41(32-18-15-14-16-19-32)42(74-51(85)36(23-28(4)5)67-48(82)33(60)24-59(10,11)12)55(89)75-43(45(79)29(6)7)56(90)68-35(22-27(2)3)50(84)66-34(49(83)71-39)20-17-21-64-58(62)63/h14-16,18-19,27-31,33-37,39-46,76-77,79-80H,13,17,20-26,60H2,1-12H3,(H2,61,81)(H,65,87)(H,66,84)(H,67,82)(H,68,90)(H,69,91)(H,70,78)(H,71,83)(H,72,88)(H,73,86)(H,74,85)(H,75,89)(H4,62,63,64)/t30-,31-,33+,34+,35-,36-,37-,39-,40-,41+,42-,43-,44-,45+,46-/m0/s1. The lowest BCUT2D eigenvalue weighted by Crippen LogP contribution is -2.65. The molecule has 0 aromatic heterocycles. The van der Waals surface area contributed by atoms with Crippen molar-refractivity contribution in [3.05, 3.63) is 35.9 Å². The van der Waals surface area contributed by atoms with Crippen LogP contribution in [0.15, 0.2) is 30.3 Å². The van der Waals surface area contributed by atoms with Crippen molar-refractivity contribution in [3.63, 3.8) is 0 Å². The minimum absolute atomic E-state index is 0.0184. The monoisotopic (exact) mass is 1290 g/mol. The van der Waals surface area contributed by atoms with Crippen molar-refractivity contribution in [2.24, 2.45) is 46.3 Å². The molecule has 32 heteroatoms. The molecule has 512 valence electrons. The summed E-state index contributed by atoms with van der Waals surface area (Å²) in [5, 5.41) is 81.2. The summed E-state index contributed by atoms with van der Waals surface area (Å²) in [4.78, 5) is 170. The number of guanidine groups is 1. The van der Waals surface area contributed by atoms with Crippen LogP contribution in [0, 0.1) is 34.5 Å². The highest BCUT2D eigenvalue weighted by atomic mass is 16.3. The van der Waals surface area contributed by atoms with Crippen LogP contribution in [0.3, 0.4) is 0 Å². The van der Waals surface area contributed by atoms with Crippen molar-refractivity contribution in [1.82, 2.24) is 63.8 Å². The molecule has 0 aliphatic carbocycles. The zero-order chi connectivity index (χ0) is 69.4. The number of nitrogens with two attached hydrogens (primary N) is 3. The van der Waals surface area contributed by atoms with Crippen LogP contribution < -0.4 is 81.0 Å². The molecule has 1 aliphatic rings. The first-order valence-corrected chi connectivity index (χ1v) is 30.5. The fourth-order valence-corrected chi connectivity index (χ4v) is 9.54. The first-order chi connectivity index (χ1) is 42.3. The molecular formula is C59H100N16O16. The third-order valence-corrected chi connectivity index (χ3v) is 14.7. The molecule has 1 fully saturated rings. The maximum atomic E-state index is 15.4.